The monoisotopic (exact) mass is 201 g/mol. The van der Waals surface area contributed by atoms with Gasteiger partial charge in [0.15, 0.2) is 0 Å². The van der Waals surface area contributed by atoms with Crippen LogP contribution in [0, 0.1) is 11.6 Å². The van der Waals surface area contributed by atoms with Gasteiger partial charge in [-0.05, 0) is 24.6 Å². The van der Waals surface area contributed by atoms with Gasteiger partial charge < -0.3 is 10.0 Å². The summed E-state index contributed by atoms with van der Waals surface area (Å²) in [6.07, 6.45) is 0. The van der Waals surface area contributed by atoms with Crippen LogP contribution in [-0.4, -0.2) is 18.7 Å². The number of nitrogens with zero attached hydrogens (tertiary/aromatic N) is 1. The van der Waals surface area contributed by atoms with Crippen molar-refractivity contribution in [2.75, 3.05) is 18.5 Å². The Balaban J connectivity index is 3.18. The van der Waals surface area contributed by atoms with E-state index in [4.69, 9.17) is 5.11 Å². The molecule has 0 radical (unpaired) electrons. The zero-order valence-electron chi connectivity index (χ0n) is 8.22. The van der Waals surface area contributed by atoms with Crippen molar-refractivity contribution in [3.8, 4) is 0 Å². The first-order valence-corrected chi connectivity index (χ1v) is 4.40. The second-order valence-corrected chi connectivity index (χ2v) is 3.08. The molecule has 1 aromatic rings. The van der Waals surface area contributed by atoms with Crippen LogP contribution in [0.5, 0.6) is 0 Å². The number of anilines is 1. The highest BCUT2D eigenvalue weighted by molar-refractivity contribution is 5.49. The second kappa shape index (κ2) is 4.37. The molecule has 14 heavy (non-hydrogen) atoms. The summed E-state index contributed by atoms with van der Waals surface area (Å²) < 4.78 is 26.7. The van der Waals surface area contributed by atoms with Gasteiger partial charge in [0.2, 0.25) is 0 Å². The van der Waals surface area contributed by atoms with Crippen molar-refractivity contribution in [3.05, 3.63) is 29.3 Å². The first kappa shape index (κ1) is 10.9. The van der Waals surface area contributed by atoms with Crippen LogP contribution in [0.4, 0.5) is 14.5 Å². The van der Waals surface area contributed by atoms with E-state index in [0.717, 1.165) is 12.1 Å². The molecule has 0 aliphatic rings. The number of benzene rings is 1. The van der Waals surface area contributed by atoms with Crippen LogP contribution in [-0.2, 0) is 6.61 Å². The molecule has 0 saturated heterocycles. The van der Waals surface area contributed by atoms with E-state index >= 15 is 0 Å². The number of aliphatic hydroxyl groups is 1. The fourth-order valence-electron chi connectivity index (χ4n) is 1.23. The largest absolute Gasteiger partial charge is 0.392 e. The Hall–Kier alpha value is -1.16. The lowest BCUT2D eigenvalue weighted by atomic mass is 10.2. The normalized spacial score (nSPS) is 10.4. The number of hydrogen-bond donors (Lipinski definition) is 1. The van der Waals surface area contributed by atoms with E-state index in [1.807, 2.05) is 0 Å². The summed E-state index contributed by atoms with van der Waals surface area (Å²) in [6, 6.07) is 2.29. The molecule has 2 nitrogen and oxygen atoms in total. The van der Waals surface area contributed by atoms with E-state index in [9.17, 15) is 8.78 Å². The molecule has 1 aromatic carbocycles. The molecule has 0 fully saturated rings. The Labute approximate surface area is 81.8 Å². The minimum absolute atomic E-state index is 0.0512. The zero-order chi connectivity index (χ0) is 10.7. The molecule has 0 aromatic heterocycles. The van der Waals surface area contributed by atoms with Crippen LogP contribution >= 0.6 is 0 Å². The molecule has 1 rings (SSSR count). The van der Waals surface area contributed by atoms with Crippen molar-refractivity contribution < 1.29 is 13.9 Å². The molecule has 0 spiro atoms. The maximum Gasteiger partial charge on any atom is 0.149 e. The summed E-state index contributed by atoms with van der Waals surface area (Å²) in [5.41, 5.74) is 0.193. The van der Waals surface area contributed by atoms with E-state index in [1.54, 1.807) is 14.0 Å². The maximum atomic E-state index is 13.3. The summed E-state index contributed by atoms with van der Waals surface area (Å²) in [5.74, 6) is -1.28. The molecule has 0 saturated carbocycles. The van der Waals surface area contributed by atoms with E-state index in [-0.39, 0.29) is 17.9 Å². The van der Waals surface area contributed by atoms with Crippen LogP contribution in [0.2, 0.25) is 0 Å². The highest BCUT2D eigenvalue weighted by Crippen LogP contribution is 2.23. The Morgan fingerprint density at radius 2 is 1.79 bits per heavy atom. The fraction of sp³-hybridized carbons (Fsp3) is 0.400. The summed E-state index contributed by atoms with van der Waals surface area (Å²) in [4.78, 5) is 1.48. The van der Waals surface area contributed by atoms with Gasteiger partial charge in [0.1, 0.15) is 17.3 Å². The minimum Gasteiger partial charge on any atom is -0.392 e. The molecule has 78 valence electrons. The molecule has 1 N–H and O–H groups in total. The highest BCUT2D eigenvalue weighted by atomic mass is 19.1. The summed E-state index contributed by atoms with van der Waals surface area (Å²) >= 11 is 0. The van der Waals surface area contributed by atoms with Crippen LogP contribution in [0.1, 0.15) is 12.5 Å². The average Bonchev–Trinajstić information content (AvgIpc) is 2.16. The summed E-state index contributed by atoms with van der Waals surface area (Å²) in [7, 11) is 1.61. The predicted octanol–water partition coefficient (Wildman–Crippen LogP) is 1.91. The molecule has 0 aliphatic carbocycles. The topological polar surface area (TPSA) is 23.5 Å². The standard InChI is InChI=1S/C10H13F2NO/c1-3-13(2)10-8(11)4-7(6-14)5-9(10)12/h4-5,14H,3,6H2,1-2H3. The SMILES string of the molecule is CCN(C)c1c(F)cc(CO)cc1F. The van der Waals surface area contributed by atoms with Gasteiger partial charge in [-0.1, -0.05) is 0 Å². The average molecular weight is 201 g/mol. The molecule has 0 unspecified atom stereocenters. The third kappa shape index (κ3) is 2.01. The number of hydrogen-bond acceptors (Lipinski definition) is 2. The predicted molar refractivity (Wildman–Crippen MR) is 51.2 cm³/mol. The van der Waals surface area contributed by atoms with Gasteiger partial charge in [-0.2, -0.15) is 0 Å². The third-order valence-corrected chi connectivity index (χ3v) is 2.12. The quantitative estimate of drug-likeness (QED) is 0.807. The highest BCUT2D eigenvalue weighted by Gasteiger charge is 2.13. The van der Waals surface area contributed by atoms with Crippen LogP contribution in [0.25, 0.3) is 0 Å². The first-order valence-electron chi connectivity index (χ1n) is 4.40. The minimum atomic E-state index is -0.640. The van der Waals surface area contributed by atoms with Gasteiger partial charge in [-0.25, -0.2) is 8.78 Å². The fourth-order valence-corrected chi connectivity index (χ4v) is 1.23. The van der Waals surface area contributed by atoms with E-state index in [1.165, 1.54) is 4.90 Å². The molecule has 0 atom stereocenters. The zero-order valence-corrected chi connectivity index (χ0v) is 8.22. The Bertz CT molecular complexity index is 305. The van der Waals surface area contributed by atoms with Crippen LogP contribution in [0.3, 0.4) is 0 Å². The van der Waals surface area contributed by atoms with Gasteiger partial charge in [0.25, 0.3) is 0 Å². The lowest BCUT2D eigenvalue weighted by molar-refractivity contribution is 0.280. The van der Waals surface area contributed by atoms with Crippen LogP contribution < -0.4 is 4.90 Å². The lowest BCUT2D eigenvalue weighted by Gasteiger charge is -2.18. The summed E-state index contributed by atoms with van der Waals surface area (Å²) in [6.45, 7) is 1.97. The van der Waals surface area contributed by atoms with Crippen molar-refractivity contribution in [1.29, 1.82) is 0 Å². The molecular formula is C10H13F2NO. The van der Waals surface area contributed by atoms with Gasteiger partial charge in [0, 0.05) is 13.6 Å². The summed E-state index contributed by atoms with van der Waals surface area (Å²) in [5, 5.41) is 8.73. The Morgan fingerprint density at radius 3 is 2.14 bits per heavy atom. The molecule has 0 bridgehead atoms. The molecule has 0 heterocycles. The van der Waals surface area contributed by atoms with Crippen molar-refractivity contribution in [2.45, 2.75) is 13.5 Å². The van der Waals surface area contributed by atoms with Crippen LogP contribution in [0.15, 0.2) is 12.1 Å². The van der Waals surface area contributed by atoms with Crippen molar-refractivity contribution in [1.82, 2.24) is 0 Å². The van der Waals surface area contributed by atoms with Crippen molar-refractivity contribution >= 4 is 5.69 Å². The van der Waals surface area contributed by atoms with E-state index in [2.05, 4.69) is 0 Å². The third-order valence-electron chi connectivity index (χ3n) is 2.12. The van der Waals surface area contributed by atoms with Crippen molar-refractivity contribution in [3.63, 3.8) is 0 Å². The molecule has 0 aliphatic heterocycles. The van der Waals surface area contributed by atoms with Gasteiger partial charge in [-0.15, -0.1) is 0 Å². The van der Waals surface area contributed by atoms with E-state index < -0.39 is 11.6 Å². The maximum absolute atomic E-state index is 13.3. The smallest absolute Gasteiger partial charge is 0.149 e. The van der Waals surface area contributed by atoms with Crippen molar-refractivity contribution in [2.24, 2.45) is 0 Å². The lowest BCUT2D eigenvalue weighted by Crippen LogP contribution is -2.19. The van der Waals surface area contributed by atoms with Gasteiger partial charge in [0.05, 0.1) is 6.61 Å². The number of aliphatic hydroxyl groups excluding tert-OH is 1. The second-order valence-electron chi connectivity index (χ2n) is 3.08. The Morgan fingerprint density at radius 1 is 1.29 bits per heavy atom. The van der Waals surface area contributed by atoms with Gasteiger partial charge >= 0.3 is 0 Å². The van der Waals surface area contributed by atoms with E-state index in [0.29, 0.717) is 6.54 Å². The molecule has 0 amide bonds. The first-order chi connectivity index (χ1) is 6.60. The Kier molecular flexibility index (Phi) is 3.41. The molecular weight excluding hydrogens is 188 g/mol. The van der Waals surface area contributed by atoms with Gasteiger partial charge in [-0.3, -0.25) is 0 Å². The number of halogens is 2. The number of rotatable bonds is 3. The molecule has 4 heteroatoms.